The summed E-state index contributed by atoms with van der Waals surface area (Å²) in [6.45, 7) is 6.72. The van der Waals surface area contributed by atoms with Crippen LogP contribution in [0.2, 0.25) is 0 Å². The van der Waals surface area contributed by atoms with Crippen molar-refractivity contribution in [1.82, 2.24) is 5.32 Å². The average molecular weight is 231 g/mol. The van der Waals surface area contributed by atoms with E-state index in [9.17, 15) is 9.59 Å². The van der Waals surface area contributed by atoms with Crippen LogP contribution < -0.4 is 5.32 Å². The summed E-state index contributed by atoms with van der Waals surface area (Å²) in [5.74, 6) is -0.888. The summed E-state index contributed by atoms with van der Waals surface area (Å²) < 4.78 is 9.44. The SMILES string of the molecule is CCOC(=O)C(C)CNCC(C)C(=O)OC. The molecule has 0 radical (unpaired) electrons. The number of methoxy groups -OCH3 is 1. The molecule has 0 aromatic heterocycles. The van der Waals surface area contributed by atoms with Crippen LogP contribution in [0.4, 0.5) is 0 Å². The smallest absolute Gasteiger partial charge is 0.309 e. The molecule has 0 aliphatic carbocycles. The zero-order valence-corrected chi connectivity index (χ0v) is 10.4. The second-order valence-electron chi connectivity index (χ2n) is 3.74. The third kappa shape index (κ3) is 5.70. The van der Waals surface area contributed by atoms with Gasteiger partial charge in [0.05, 0.1) is 25.6 Å². The molecule has 0 aromatic rings. The lowest BCUT2D eigenvalue weighted by Gasteiger charge is -2.13. The molecule has 0 bridgehead atoms. The summed E-state index contributed by atoms with van der Waals surface area (Å²) in [4.78, 5) is 22.3. The van der Waals surface area contributed by atoms with Crippen molar-refractivity contribution < 1.29 is 19.1 Å². The van der Waals surface area contributed by atoms with Crippen molar-refractivity contribution in [2.75, 3.05) is 26.8 Å². The molecule has 0 saturated carbocycles. The van der Waals surface area contributed by atoms with Crippen molar-refractivity contribution in [2.24, 2.45) is 11.8 Å². The number of nitrogens with one attached hydrogen (secondary N) is 1. The molecule has 0 fully saturated rings. The lowest BCUT2D eigenvalue weighted by atomic mass is 10.1. The van der Waals surface area contributed by atoms with E-state index in [1.54, 1.807) is 20.8 Å². The van der Waals surface area contributed by atoms with Crippen LogP contribution in [0.1, 0.15) is 20.8 Å². The molecule has 94 valence electrons. The largest absolute Gasteiger partial charge is 0.469 e. The fourth-order valence-corrected chi connectivity index (χ4v) is 1.17. The second kappa shape index (κ2) is 8.10. The Morgan fingerprint density at radius 2 is 1.62 bits per heavy atom. The Hall–Kier alpha value is -1.10. The van der Waals surface area contributed by atoms with E-state index in [1.165, 1.54) is 7.11 Å². The first-order valence-electron chi connectivity index (χ1n) is 5.48. The Labute approximate surface area is 96.5 Å². The summed E-state index contributed by atoms with van der Waals surface area (Å²) in [5.41, 5.74) is 0. The van der Waals surface area contributed by atoms with Crippen molar-refractivity contribution in [1.29, 1.82) is 0 Å². The Balaban J connectivity index is 3.73. The molecule has 0 heterocycles. The standard InChI is InChI=1S/C11H21NO4/c1-5-16-11(14)9(3)7-12-6-8(2)10(13)15-4/h8-9,12H,5-7H2,1-4H3. The maximum atomic E-state index is 11.3. The predicted octanol–water partition coefficient (Wildman–Crippen LogP) is 0.584. The van der Waals surface area contributed by atoms with Crippen LogP contribution in [-0.2, 0) is 19.1 Å². The highest BCUT2D eigenvalue weighted by Crippen LogP contribution is 1.99. The molecule has 0 aromatic carbocycles. The van der Waals surface area contributed by atoms with Crippen LogP contribution in [0.15, 0.2) is 0 Å². The van der Waals surface area contributed by atoms with Gasteiger partial charge < -0.3 is 14.8 Å². The molecule has 0 amide bonds. The number of rotatable bonds is 7. The van der Waals surface area contributed by atoms with Crippen LogP contribution >= 0.6 is 0 Å². The number of ether oxygens (including phenoxy) is 2. The molecule has 0 aliphatic rings. The molecule has 16 heavy (non-hydrogen) atoms. The number of hydrogen-bond donors (Lipinski definition) is 1. The molecule has 5 heteroatoms. The van der Waals surface area contributed by atoms with Gasteiger partial charge in [-0.2, -0.15) is 0 Å². The van der Waals surface area contributed by atoms with E-state index in [4.69, 9.17) is 4.74 Å². The Bertz CT molecular complexity index is 230. The van der Waals surface area contributed by atoms with E-state index < -0.39 is 0 Å². The fourth-order valence-electron chi connectivity index (χ4n) is 1.17. The van der Waals surface area contributed by atoms with Gasteiger partial charge in [0.2, 0.25) is 0 Å². The topological polar surface area (TPSA) is 64.6 Å². The Morgan fingerprint density at radius 1 is 1.12 bits per heavy atom. The number of carbonyl (C=O) groups is 2. The third-order valence-corrected chi connectivity index (χ3v) is 2.19. The number of hydrogen-bond acceptors (Lipinski definition) is 5. The number of esters is 2. The van der Waals surface area contributed by atoms with Crippen LogP contribution in [0, 0.1) is 11.8 Å². The van der Waals surface area contributed by atoms with Crippen molar-refractivity contribution in [3.8, 4) is 0 Å². The first-order chi connectivity index (χ1) is 7.52. The lowest BCUT2D eigenvalue weighted by Crippen LogP contribution is -2.33. The molecule has 2 unspecified atom stereocenters. The van der Waals surface area contributed by atoms with Crippen molar-refractivity contribution in [3.63, 3.8) is 0 Å². The van der Waals surface area contributed by atoms with Crippen LogP contribution in [0.5, 0.6) is 0 Å². The summed E-state index contributed by atoms with van der Waals surface area (Å²) in [6, 6.07) is 0. The molecule has 5 nitrogen and oxygen atoms in total. The van der Waals surface area contributed by atoms with E-state index in [-0.39, 0.29) is 23.8 Å². The van der Waals surface area contributed by atoms with Gasteiger partial charge >= 0.3 is 11.9 Å². The molecule has 0 saturated heterocycles. The first-order valence-corrected chi connectivity index (χ1v) is 5.48. The molecule has 0 rings (SSSR count). The molecular formula is C11H21NO4. The molecule has 2 atom stereocenters. The minimum absolute atomic E-state index is 0.204. The highest BCUT2D eigenvalue weighted by atomic mass is 16.5. The number of carbonyl (C=O) groups excluding carboxylic acids is 2. The van der Waals surface area contributed by atoms with Gasteiger partial charge in [0.1, 0.15) is 0 Å². The second-order valence-corrected chi connectivity index (χ2v) is 3.74. The first kappa shape index (κ1) is 14.9. The Kier molecular flexibility index (Phi) is 7.54. The zero-order chi connectivity index (χ0) is 12.6. The van der Waals surface area contributed by atoms with Gasteiger partial charge in [-0.15, -0.1) is 0 Å². The van der Waals surface area contributed by atoms with Crippen molar-refractivity contribution >= 4 is 11.9 Å². The van der Waals surface area contributed by atoms with Crippen LogP contribution in [-0.4, -0.2) is 38.7 Å². The predicted molar refractivity (Wildman–Crippen MR) is 59.8 cm³/mol. The summed E-state index contributed by atoms with van der Waals surface area (Å²) in [5, 5.41) is 3.04. The van der Waals surface area contributed by atoms with E-state index in [2.05, 4.69) is 10.1 Å². The molecular weight excluding hydrogens is 210 g/mol. The Morgan fingerprint density at radius 3 is 2.06 bits per heavy atom. The van der Waals surface area contributed by atoms with E-state index in [1.807, 2.05) is 0 Å². The summed E-state index contributed by atoms with van der Waals surface area (Å²) in [7, 11) is 1.36. The monoisotopic (exact) mass is 231 g/mol. The zero-order valence-electron chi connectivity index (χ0n) is 10.4. The highest BCUT2D eigenvalue weighted by molar-refractivity contribution is 5.72. The van der Waals surface area contributed by atoms with Gasteiger partial charge in [-0.05, 0) is 6.92 Å². The van der Waals surface area contributed by atoms with Gasteiger partial charge in [0, 0.05) is 13.1 Å². The van der Waals surface area contributed by atoms with Gasteiger partial charge in [-0.1, -0.05) is 13.8 Å². The normalized spacial score (nSPS) is 14.0. The minimum atomic E-state index is -0.253. The average Bonchev–Trinajstić information content (AvgIpc) is 2.27. The van der Waals surface area contributed by atoms with Crippen LogP contribution in [0.25, 0.3) is 0 Å². The maximum Gasteiger partial charge on any atom is 0.309 e. The van der Waals surface area contributed by atoms with Crippen molar-refractivity contribution in [2.45, 2.75) is 20.8 Å². The van der Waals surface area contributed by atoms with Gasteiger partial charge in [0.25, 0.3) is 0 Å². The third-order valence-electron chi connectivity index (χ3n) is 2.19. The summed E-state index contributed by atoms with van der Waals surface area (Å²) >= 11 is 0. The van der Waals surface area contributed by atoms with Gasteiger partial charge in [-0.3, -0.25) is 9.59 Å². The van der Waals surface area contributed by atoms with Crippen molar-refractivity contribution in [3.05, 3.63) is 0 Å². The molecule has 0 spiro atoms. The minimum Gasteiger partial charge on any atom is -0.469 e. The molecule has 0 aliphatic heterocycles. The van der Waals surface area contributed by atoms with E-state index >= 15 is 0 Å². The maximum absolute atomic E-state index is 11.3. The van der Waals surface area contributed by atoms with Gasteiger partial charge in [0.15, 0.2) is 0 Å². The lowest BCUT2D eigenvalue weighted by molar-refractivity contribution is -0.147. The summed E-state index contributed by atoms with van der Waals surface area (Å²) in [6.07, 6.45) is 0. The van der Waals surface area contributed by atoms with E-state index in [0.717, 1.165) is 0 Å². The fraction of sp³-hybridized carbons (Fsp3) is 0.818. The van der Waals surface area contributed by atoms with Gasteiger partial charge in [-0.25, -0.2) is 0 Å². The van der Waals surface area contributed by atoms with Crippen LogP contribution in [0.3, 0.4) is 0 Å². The van der Waals surface area contributed by atoms with E-state index in [0.29, 0.717) is 19.7 Å². The molecule has 1 N–H and O–H groups in total. The highest BCUT2D eigenvalue weighted by Gasteiger charge is 2.16. The quantitative estimate of drug-likeness (QED) is 0.649.